The Balaban J connectivity index is 1.53. The molecule has 0 atom stereocenters. The zero-order chi connectivity index (χ0) is 27.5. The Labute approximate surface area is 231 Å². The number of ether oxygens (including phenoxy) is 1. The van der Waals surface area contributed by atoms with Crippen molar-refractivity contribution in [3.05, 3.63) is 95.6 Å². The Hall–Kier alpha value is -3.45. The van der Waals surface area contributed by atoms with Crippen LogP contribution in [-0.2, 0) is 22.6 Å². The van der Waals surface area contributed by atoms with Crippen molar-refractivity contribution in [2.45, 2.75) is 64.6 Å². The molecule has 0 bridgehead atoms. The second-order valence-corrected chi connectivity index (χ2v) is 10.2. The summed E-state index contributed by atoms with van der Waals surface area (Å²) in [5.41, 5.74) is 2.52. The standard InChI is InChI=1S/C32H40FN3O3/c1-2-39-21-11-20-35(32(38)27-14-9-15-28(33)22-27)25-31(37)36(29-16-7-4-8-17-29)24-30-18-10-19-34(30)23-26-12-5-3-6-13-26/h3,5-6,9-10,12-15,18-19,22,29H,2,4,7-8,11,16-17,20-21,23-25H2,1H3. The van der Waals surface area contributed by atoms with Crippen molar-refractivity contribution in [1.82, 2.24) is 14.4 Å². The minimum absolute atomic E-state index is 0.0443. The SMILES string of the molecule is CCOCCCN(CC(=O)N(Cc1cccn1Cc1ccccc1)C1CCCCC1)C(=O)c1cccc(F)c1. The zero-order valence-corrected chi connectivity index (χ0v) is 22.9. The molecule has 6 nitrogen and oxygen atoms in total. The number of amides is 2. The summed E-state index contributed by atoms with van der Waals surface area (Å²) < 4.78 is 21.6. The molecule has 1 saturated carbocycles. The molecule has 1 heterocycles. The smallest absolute Gasteiger partial charge is 0.254 e. The van der Waals surface area contributed by atoms with Gasteiger partial charge in [-0.3, -0.25) is 9.59 Å². The van der Waals surface area contributed by atoms with Crippen LogP contribution >= 0.6 is 0 Å². The first kappa shape index (κ1) is 28.6. The Morgan fingerprint density at radius 2 is 1.79 bits per heavy atom. The molecular formula is C32H40FN3O3. The third-order valence-corrected chi connectivity index (χ3v) is 7.39. The lowest BCUT2D eigenvalue weighted by molar-refractivity contribution is -0.135. The number of nitrogens with zero attached hydrogens (tertiary/aromatic N) is 3. The first-order chi connectivity index (χ1) is 19.0. The maximum absolute atomic E-state index is 14.0. The summed E-state index contributed by atoms with van der Waals surface area (Å²) in [6.45, 7) is 4.56. The summed E-state index contributed by atoms with van der Waals surface area (Å²) in [6, 6.07) is 20.2. The normalized spacial score (nSPS) is 13.8. The molecule has 0 radical (unpaired) electrons. The van der Waals surface area contributed by atoms with E-state index in [1.165, 1.54) is 30.2 Å². The van der Waals surface area contributed by atoms with E-state index in [9.17, 15) is 14.0 Å². The maximum Gasteiger partial charge on any atom is 0.254 e. The molecular weight excluding hydrogens is 493 g/mol. The van der Waals surface area contributed by atoms with Gasteiger partial charge in [-0.25, -0.2) is 4.39 Å². The predicted octanol–water partition coefficient (Wildman–Crippen LogP) is 5.91. The molecule has 0 spiro atoms. The van der Waals surface area contributed by atoms with E-state index in [1.54, 1.807) is 11.0 Å². The maximum atomic E-state index is 14.0. The highest BCUT2D eigenvalue weighted by Gasteiger charge is 2.29. The van der Waals surface area contributed by atoms with Crippen LogP contribution in [0.1, 0.15) is 67.1 Å². The third-order valence-electron chi connectivity index (χ3n) is 7.39. The van der Waals surface area contributed by atoms with Gasteiger partial charge in [0.25, 0.3) is 5.91 Å². The molecule has 2 amide bonds. The van der Waals surface area contributed by atoms with E-state index in [0.29, 0.717) is 32.7 Å². The lowest BCUT2D eigenvalue weighted by atomic mass is 9.94. The van der Waals surface area contributed by atoms with Gasteiger partial charge in [0.05, 0.1) is 6.54 Å². The van der Waals surface area contributed by atoms with Crippen molar-refractivity contribution >= 4 is 11.8 Å². The number of benzene rings is 2. The van der Waals surface area contributed by atoms with Gasteiger partial charge in [-0.05, 0) is 62.1 Å². The van der Waals surface area contributed by atoms with Crippen LogP contribution in [0.15, 0.2) is 72.9 Å². The van der Waals surface area contributed by atoms with E-state index in [0.717, 1.165) is 37.9 Å². The summed E-state index contributed by atoms with van der Waals surface area (Å²) in [4.78, 5) is 30.9. The van der Waals surface area contributed by atoms with E-state index >= 15 is 0 Å². The van der Waals surface area contributed by atoms with Crippen molar-refractivity contribution < 1.29 is 18.7 Å². The van der Waals surface area contributed by atoms with Crippen LogP contribution in [0.5, 0.6) is 0 Å². The monoisotopic (exact) mass is 533 g/mol. The van der Waals surface area contributed by atoms with Gasteiger partial charge < -0.3 is 19.1 Å². The first-order valence-electron chi connectivity index (χ1n) is 14.1. The van der Waals surface area contributed by atoms with Gasteiger partial charge in [0.1, 0.15) is 12.4 Å². The summed E-state index contributed by atoms with van der Waals surface area (Å²) in [5, 5.41) is 0. The quantitative estimate of drug-likeness (QED) is 0.257. The van der Waals surface area contributed by atoms with Crippen LogP contribution in [0, 0.1) is 5.82 Å². The molecule has 208 valence electrons. The molecule has 1 aliphatic rings. The Kier molecular flexibility index (Phi) is 10.7. The van der Waals surface area contributed by atoms with Gasteiger partial charge >= 0.3 is 0 Å². The molecule has 7 heteroatoms. The van der Waals surface area contributed by atoms with Crippen molar-refractivity contribution in [3.63, 3.8) is 0 Å². The first-order valence-corrected chi connectivity index (χ1v) is 14.1. The van der Waals surface area contributed by atoms with E-state index in [4.69, 9.17) is 4.74 Å². The van der Waals surface area contributed by atoms with Gasteiger partial charge in [-0.1, -0.05) is 55.7 Å². The van der Waals surface area contributed by atoms with Crippen molar-refractivity contribution in [2.24, 2.45) is 0 Å². The minimum atomic E-state index is -0.468. The zero-order valence-electron chi connectivity index (χ0n) is 22.9. The Bertz CT molecular complexity index is 1190. The summed E-state index contributed by atoms with van der Waals surface area (Å²) in [6.07, 6.45) is 7.97. The summed E-state index contributed by atoms with van der Waals surface area (Å²) >= 11 is 0. The van der Waals surface area contributed by atoms with Crippen LogP contribution in [0.4, 0.5) is 4.39 Å². The average Bonchev–Trinajstić information content (AvgIpc) is 3.40. The number of hydrogen-bond acceptors (Lipinski definition) is 3. The molecule has 0 saturated heterocycles. The summed E-state index contributed by atoms with van der Waals surface area (Å²) in [7, 11) is 0. The number of rotatable bonds is 13. The second-order valence-electron chi connectivity index (χ2n) is 10.2. The van der Waals surface area contributed by atoms with E-state index in [2.05, 4.69) is 29.0 Å². The number of aromatic nitrogens is 1. The molecule has 4 rings (SSSR count). The lowest BCUT2D eigenvalue weighted by Crippen LogP contribution is -2.48. The fourth-order valence-electron chi connectivity index (χ4n) is 5.33. The van der Waals surface area contributed by atoms with Gasteiger partial charge in [-0.2, -0.15) is 0 Å². The molecule has 1 fully saturated rings. The molecule has 3 aromatic rings. The number of hydrogen-bond donors (Lipinski definition) is 0. The molecule has 0 aliphatic heterocycles. The average molecular weight is 534 g/mol. The van der Waals surface area contributed by atoms with Gasteiger partial charge in [0.15, 0.2) is 0 Å². The highest BCUT2D eigenvalue weighted by atomic mass is 19.1. The molecule has 2 aromatic carbocycles. The third kappa shape index (κ3) is 8.27. The van der Waals surface area contributed by atoms with Crippen molar-refractivity contribution in [3.8, 4) is 0 Å². The van der Waals surface area contributed by atoms with Crippen molar-refractivity contribution in [2.75, 3.05) is 26.3 Å². The molecule has 0 N–H and O–H groups in total. The van der Waals surface area contributed by atoms with E-state index in [1.807, 2.05) is 36.1 Å². The fraction of sp³-hybridized carbons (Fsp3) is 0.438. The van der Waals surface area contributed by atoms with Gasteiger partial charge in [0.2, 0.25) is 5.91 Å². The van der Waals surface area contributed by atoms with Crippen LogP contribution in [0.2, 0.25) is 0 Å². The van der Waals surface area contributed by atoms with E-state index < -0.39 is 5.82 Å². The Morgan fingerprint density at radius 1 is 1.00 bits per heavy atom. The van der Waals surface area contributed by atoms with Crippen LogP contribution in [0.25, 0.3) is 0 Å². The largest absolute Gasteiger partial charge is 0.382 e. The number of halogens is 1. The van der Waals surface area contributed by atoms with E-state index in [-0.39, 0.29) is 30.0 Å². The molecule has 1 aromatic heterocycles. The van der Waals surface area contributed by atoms with Crippen LogP contribution in [-0.4, -0.2) is 58.5 Å². The highest BCUT2D eigenvalue weighted by molar-refractivity contribution is 5.96. The fourth-order valence-corrected chi connectivity index (χ4v) is 5.33. The predicted molar refractivity (Wildman–Crippen MR) is 151 cm³/mol. The topological polar surface area (TPSA) is 54.8 Å². The number of carbonyl (C=O) groups excluding carboxylic acids is 2. The molecule has 0 unspecified atom stereocenters. The second kappa shape index (κ2) is 14.6. The van der Waals surface area contributed by atoms with Crippen molar-refractivity contribution in [1.29, 1.82) is 0 Å². The minimum Gasteiger partial charge on any atom is -0.382 e. The Morgan fingerprint density at radius 3 is 2.54 bits per heavy atom. The van der Waals surface area contributed by atoms with Crippen LogP contribution < -0.4 is 0 Å². The van der Waals surface area contributed by atoms with Gasteiger partial charge in [-0.15, -0.1) is 0 Å². The van der Waals surface area contributed by atoms with Gasteiger partial charge in [0, 0.05) is 49.8 Å². The lowest BCUT2D eigenvalue weighted by Gasteiger charge is -2.36. The molecule has 39 heavy (non-hydrogen) atoms. The molecule has 1 aliphatic carbocycles. The summed E-state index contributed by atoms with van der Waals surface area (Å²) in [5.74, 6) is -0.879. The number of carbonyl (C=O) groups is 2. The highest BCUT2D eigenvalue weighted by Crippen LogP contribution is 2.25. The van der Waals surface area contributed by atoms with Crippen LogP contribution in [0.3, 0.4) is 0 Å².